The summed E-state index contributed by atoms with van der Waals surface area (Å²) < 4.78 is 0. The van der Waals surface area contributed by atoms with Gasteiger partial charge in [0.25, 0.3) is 0 Å². The van der Waals surface area contributed by atoms with Gasteiger partial charge in [-0.3, -0.25) is 14.4 Å². The molecule has 0 aromatic carbocycles. The van der Waals surface area contributed by atoms with Gasteiger partial charge in [-0.1, -0.05) is 0 Å². The molecule has 1 heterocycles. The van der Waals surface area contributed by atoms with Gasteiger partial charge >= 0.3 is 0 Å². The minimum Gasteiger partial charge on any atom is -0.368 e. The fraction of sp³-hybridized carbons (Fsp3) is 0.636. The second kappa shape index (κ2) is 6.00. The largest absolute Gasteiger partial charge is 0.368 e. The first-order valence-electron chi connectivity index (χ1n) is 5.72. The summed E-state index contributed by atoms with van der Waals surface area (Å²) in [4.78, 5) is 33.9. The van der Waals surface area contributed by atoms with Gasteiger partial charge in [0.2, 0.25) is 17.7 Å². The molecule has 0 saturated carbocycles. The fourth-order valence-corrected chi connectivity index (χ4v) is 1.74. The predicted octanol–water partition coefficient (Wildman–Crippen LogP) is -1.22. The van der Waals surface area contributed by atoms with Crippen LogP contribution in [-0.4, -0.2) is 29.8 Å². The maximum absolute atomic E-state index is 11.8. The molecule has 7 nitrogen and oxygen atoms in total. The molecule has 1 rings (SSSR count). The number of amides is 3. The van der Waals surface area contributed by atoms with Crippen molar-refractivity contribution in [2.45, 2.75) is 38.3 Å². The van der Waals surface area contributed by atoms with Crippen molar-refractivity contribution in [2.24, 2.45) is 11.7 Å². The van der Waals surface area contributed by atoms with E-state index in [0.29, 0.717) is 12.8 Å². The summed E-state index contributed by atoms with van der Waals surface area (Å²) in [6.45, 7) is 1.64. The van der Waals surface area contributed by atoms with Crippen LogP contribution in [0.5, 0.6) is 0 Å². The molecule has 1 saturated heterocycles. The van der Waals surface area contributed by atoms with E-state index < -0.39 is 23.9 Å². The van der Waals surface area contributed by atoms with Gasteiger partial charge in [-0.15, -0.1) is 0 Å². The van der Waals surface area contributed by atoms with E-state index in [0.717, 1.165) is 0 Å². The van der Waals surface area contributed by atoms with Crippen LogP contribution in [0.3, 0.4) is 0 Å². The molecule has 0 spiro atoms. The average Bonchev–Trinajstić information content (AvgIpc) is 2.74. The fourth-order valence-electron chi connectivity index (χ4n) is 1.74. The molecule has 0 aromatic rings. The van der Waals surface area contributed by atoms with Gasteiger partial charge in [0.1, 0.15) is 12.1 Å². The monoisotopic (exact) mass is 252 g/mol. The first-order valence-corrected chi connectivity index (χ1v) is 5.72. The van der Waals surface area contributed by atoms with Gasteiger partial charge < -0.3 is 16.4 Å². The highest BCUT2D eigenvalue weighted by atomic mass is 16.2. The lowest BCUT2D eigenvalue weighted by molar-refractivity contribution is -0.129. The van der Waals surface area contributed by atoms with Crippen molar-refractivity contribution in [2.75, 3.05) is 0 Å². The average molecular weight is 252 g/mol. The molecule has 0 unspecified atom stereocenters. The molecule has 1 aliphatic rings. The van der Waals surface area contributed by atoms with Crippen LogP contribution in [0.2, 0.25) is 0 Å². The van der Waals surface area contributed by atoms with Crippen molar-refractivity contribution in [3.05, 3.63) is 0 Å². The number of rotatable bonds is 5. The second-order valence-corrected chi connectivity index (χ2v) is 4.39. The standard InChI is InChI=1S/C11H16N4O3/c1-6(5-12)4-8(10(13)17)15-11(18)7-2-3-9(16)14-7/h6-8H,2-4H2,1H3,(H2,13,17)(H,14,16)(H,15,18)/t6-,7+,8-/m1/s1. The van der Waals surface area contributed by atoms with Crippen LogP contribution < -0.4 is 16.4 Å². The third-order valence-corrected chi connectivity index (χ3v) is 2.78. The Morgan fingerprint density at radius 2 is 2.33 bits per heavy atom. The summed E-state index contributed by atoms with van der Waals surface area (Å²) in [5.74, 6) is -1.69. The molecule has 0 aliphatic carbocycles. The number of primary amides is 1. The topological polar surface area (TPSA) is 125 Å². The number of nitrogens with zero attached hydrogens (tertiary/aromatic N) is 1. The molecule has 1 aliphatic heterocycles. The van der Waals surface area contributed by atoms with Crippen molar-refractivity contribution in [1.29, 1.82) is 5.26 Å². The Kier molecular flexibility index (Phi) is 4.66. The Morgan fingerprint density at radius 3 is 2.78 bits per heavy atom. The summed E-state index contributed by atoms with van der Waals surface area (Å²) in [6.07, 6.45) is 0.871. The van der Waals surface area contributed by atoms with E-state index in [1.165, 1.54) is 0 Å². The molecule has 0 aromatic heterocycles. The van der Waals surface area contributed by atoms with Crippen molar-refractivity contribution in [3.63, 3.8) is 0 Å². The zero-order valence-corrected chi connectivity index (χ0v) is 10.1. The number of hydrogen-bond donors (Lipinski definition) is 3. The van der Waals surface area contributed by atoms with Crippen molar-refractivity contribution in [3.8, 4) is 6.07 Å². The lowest BCUT2D eigenvalue weighted by atomic mass is 10.0. The van der Waals surface area contributed by atoms with Crippen LogP contribution in [0, 0.1) is 17.2 Å². The molecule has 3 atom stereocenters. The summed E-state index contributed by atoms with van der Waals surface area (Å²) in [5, 5.41) is 13.6. The Hall–Kier alpha value is -2.10. The quantitative estimate of drug-likeness (QED) is 0.567. The van der Waals surface area contributed by atoms with E-state index in [1.807, 2.05) is 6.07 Å². The molecule has 7 heteroatoms. The van der Waals surface area contributed by atoms with Crippen molar-refractivity contribution < 1.29 is 14.4 Å². The van der Waals surface area contributed by atoms with Crippen LogP contribution in [0.25, 0.3) is 0 Å². The van der Waals surface area contributed by atoms with Gasteiger partial charge in [-0.25, -0.2) is 0 Å². The first-order chi connectivity index (χ1) is 8.43. The van der Waals surface area contributed by atoms with Crippen molar-refractivity contribution in [1.82, 2.24) is 10.6 Å². The van der Waals surface area contributed by atoms with Crippen molar-refractivity contribution >= 4 is 17.7 Å². The summed E-state index contributed by atoms with van der Waals surface area (Å²) >= 11 is 0. The first kappa shape index (κ1) is 14.0. The molecule has 0 bridgehead atoms. The zero-order chi connectivity index (χ0) is 13.7. The third kappa shape index (κ3) is 3.73. The van der Waals surface area contributed by atoms with E-state index in [-0.39, 0.29) is 18.2 Å². The number of nitriles is 1. The highest BCUT2D eigenvalue weighted by molar-refractivity contribution is 5.93. The Labute approximate surface area is 105 Å². The highest BCUT2D eigenvalue weighted by Crippen LogP contribution is 2.09. The minimum atomic E-state index is -0.885. The molecule has 1 fully saturated rings. The van der Waals surface area contributed by atoms with Gasteiger partial charge in [-0.2, -0.15) is 5.26 Å². The maximum Gasteiger partial charge on any atom is 0.243 e. The van der Waals surface area contributed by atoms with Gasteiger partial charge in [0.05, 0.1) is 6.07 Å². The number of nitrogens with two attached hydrogens (primary N) is 1. The van der Waals surface area contributed by atoms with E-state index in [9.17, 15) is 14.4 Å². The Bertz CT molecular complexity index is 402. The molecule has 0 radical (unpaired) electrons. The van der Waals surface area contributed by atoms with Crippen LogP contribution in [0.4, 0.5) is 0 Å². The number of carbonyl (C=O) groups is 3. The maximum atomic E-state index is 11.8. The lowest BCUT2D eigenvalue weighted by Crippen LogP contribution is -2.51. The van der Waals surface area contributed by atoms with Crippen LogP contribution in [0.15, 0.2) is 0 Å². The molecule has 18 heavy (non-hydrogen) atoms. The Balaban J connectivity index is 2.56. The van der Waals surface area contributed by atoms with E-state index in [1.54, 1.807) is 6.92 Å². The van der Waals surface area contributed by atoms with E-state index >= 15 is 0 Å². The van der Waals surface area contributed by atoms with Gasteiger partial charge in [-0.05, 0) is 19.8 Å². The van der Waals surface area contributed by atoms with Crippen LogP contribution >= 0.6 is 0 Å². The molecule has 3 amide bonds. The highest BCUT2D eigenvalue weighted by Gasteiger charge is 2.30. The molecular weight excluding hydrogens is 236 g/mol. The molecule has 4 N–H and O–H groups in total. The molecule has 98 valence electrons. The summed E-state index contributed by atoms with van der Waals surface area (Å²) in [6, 6.07) is 0.473. The van der Waals surface area contributed by atoms with E-state index in [2.05, 4.69) is 10.6 Å². The third-order valence-electron chi connectivity index (χ3n) is 2.78. The Morgan fingerprint density at radius 1 is 1.67 bits per heavy atom. The number of nitrogens with one attached hydrogen (secondary N) is 2. The van der Waals surface area contributed by atoms with E-state index in [4.69, 9.17) is 11.0 Å². The minimum absolute atomic E-state index is 0.165. The normalized spacial score (nSPS) is 21.6. The number of carbonyl (C=O) groups excluding carboxylic acids is 3. The summed E-state index contributed by atoms with van der Waals surface area (Å²) in [5.41, 5.74) is 5.16. The summed E-state index contributed by atoms with van der Waals surface area (Å²) in [7, 11) is 0. The van der Waals surface area contributed by atoms with Crippen LogP contribution in [-0.2, 0) is 14.4 Å². The SMILES string of the molecule is C[C@@H](C#N)C[C@@H](NC(=O)[C@@H]1CCC(=O)N1)C(N)=O. The second-order valence-electron chi connectivity index (χ2n) is 4.39. The van der Waals surface area contributed by atoms with Gasteiger partial charge in [0.15, 0.2) is 0 Å². The predicted molar refractivity (Wildman–Crippen MR) is 61.7 cm³/mol. The van der Waals surface area contributed by atoms with Crippen LogP contribution in [0.1, 0.15) is 26.2 Å². The van der Waals surface area contributed by atoms with Gasteiger partial charge in [0, 0.05) is 12.3 Å². The smallest absolute Gasteiger partial charge is 0.243 e. The number of hydrogen-bond acceptors (Lipinski definition) is 4. The lowest BCUT2D eigenvalue weighted by Gasteiger charge is -2.18. The zero-order valence-electron chi connectivity index (χ0n) is 10.1. The molecular formula is C11H16N4O3.